The zero-order valence-electron chi connectivity index (χ0n) is 8.78. The van der Waals surface area contributed by atoms with Crippen LogP contribution in [0, 0.1) is 9.49 Å². The lowest BCUT2D eigenvalue weighted by Crippen LogP contribution is -2.03. The maximum atomic E-state index is 10.6. The lowest BCUT2D eigenvalue weighted by Gasteiger charge is -2.08. The smallest absolute Gasteiger partial charge is 0.307 e. The molecule has 1 aliphatic carbocycles. The summed E-state index contributed by atoms with van der Waals surface area (Å²) in [4.78, 5) is 10.6. The van der Waals surface area contributed by atoms with Crippen LogP contribution in [-0.4, -0.2) is 17.7 Å². The summed E-state index contributed by atoms with van der Waals surface area (Å²) in [7, 11) is 0. The van der Waals surface area contributed by atoms with Crippen LogP contribution in [0.15, 0.2) is 18.2 Å². The Morgan fingerprint density at radius 3 is 2.88 bits per heavy atom. The van der Waals surface area contributed by atoms with Crippen molar-refractivity contribution < 1.29 is 14.6 Å². The second kappa shape index (κ2) is 5.03. The highest BCUT2D eigenvalue weighted by Gasteiger charge is 2.22. The minimum Gasteiger partial charge on any atom is -0.492 e. The standard InChI is InChI=1S/C12H13IO3/c13-10-4-3-9(6-12(14)15)5-11(10)16-7-8-1-2-8/h3-5,8H,1-2,6-7H2,(H,14,15). The van der Waals surface area contributed by atoms with Gasteiger partial charge in [-0.1, -0.05) is 6.07 Å². The van der Waals surface area contributed by atoms with E-state index in [1.54, 1.807) is 0 Å². The van der Waals surface area contributed by atoms with Crippen molar-refractivity contribution in [1.82, 2.24) is 0 Å². The topological polar surface area (TPSA) is 46.5 Å². The van der Waals surface area contributed by atoms with Gasteiger partial charge in [-0.15, -0.1) is 0 Å². The zero-order valence-corrected chi connectivity index (χ0v) is 10.9. The first-order valence-corrected chi connectivity index (χ1v) is 6.36. The number of ether oxygens (including phenoxy) is 1. The number of carboxylic acids is 1. The predicted octanol–water partition coefficient (Wildman–Crippen LogP) is 2.71. The molecule has 2 rings (SSSR count). The number of benzene rings is 1. The summed E-state index contributed by atoms with van der Waals surface area (Å²) in [6.45, 7) is 0.756. The lowest BCUT2D eigenvalue weighted by molar-refractivity contribution is -0.136. The molecule has 0 aliphatic heterocycles. The van der Waals surface area contributed by atoms with Crippen molar-refractivity contribution in [2.75, 3.05) is 6.61 Å². The van der Waals surface area contributed by atoms with Crippen molar-refractivity contribution in [2.24, 2.45) is 5.92 Å². The Balaban J connectivity index is 2.04. The van der Waals surface area contributed by atoms with Gasteiger partial charge in [0.15, 0.2) is 0 Å². The number of rotatable bonds is 5. The first kappa shape index (κ1) is 11.7. The highest BCUT2D eigenvalue weighted by atomic mass is 127. The summed E-state index contributed by atoms with van der Waals surface area (Å²) in [5.41, 5.74) is 0.790. The van der Waals surface area contributed by atoms with Crippen molar-refractivity contribution in [3.8, 4) is 5.75 Å². The van der Waals surface area contributed by atoms with E-state index in [9.17, 15) is 4.79 Å². The fourth-order valence-corrected chi connectivity index (χ4v) is 1.93. The van der Waals surface area contributed by atoms with E-state index in [1.807, 2.05) is 18.2 Å². The molecule has 3 nitrogen and oxygen atoms in total. The van der Waals surface area contributed by atoms with E-state index in [1.165, 1.54) is 12.8 Å². The fourth-order valence-electron chi connectivity index (χ4n) is 1.44. The Bertz CT molecular complexity index is 399. The van der Waals surface area contributed by atoms with Crippen LogP contribution in [0.5, 0.6) is 5.75 Å². The Hall–Kier alpha value is -0.780. The molecule has 1 N–H and O–H groups in total. The van der Waals surface area contributed by atoms with Crippen molar-refractivity contribution in [3.05, 3.63) is 27.3 Å². The van der Waals surface area contributed by atoms with Gasteiger partial charge < -0.3 is 9.84 Å². The largest absolute Gasteiger partial charge is 0.492 e. The van der Waals surface area contributed by atoms with Gasteiger partial charge in [-0.2, -0.15) is 0 Å². The highest BCUT2D eigenvalue weighted by molar-refractivity contribution is 14.1. The number of aliphatic carboxylic acids is 1. The van der Waals surface area contributed by atoms with Crippen LogP contribution in [0.3, 0.4) is 0 Å². The number of hydrogen-bond donors (Lipinski definition) is 1. The third kappa shape index (κ3) is 3.37. The molecule has 0 aromatic heterocycles. The van der Waals surface area contributed by atoms with Crippen molar-refractivity contribution in [1.29, 1.82) is 0 Å². The van der Waals surface area contributed by atoms with Gasteiger partial charge in [-0.05, 0) is 59.0 Å². The number of carbonyl (C=O) groups is 1. The maximum Gasteiger partial charge on any atom is 0.307 e. The number of halogens is 1. The first-order valence-electron chi connectivity index (χ1n) is 5.28. The molecule has 0 heterocycles. The van der Waals surface area contributed by atoms with Crippen molar-refractivity contribution in [3.63, 3.8) is 0 Å². The van der Waals surface area contributed by atoms with Crippen LogP contribution < -0.4 is 4.74 Å². The number of hydrogen-bond acceptors (Lipinski definition) is 2. The Morgan fingerprint density at radius 2 is 2.25 bits per heavy atom. The van der Waals surface area contributed by atoms with Gasteiger partial charge in [0.25, 0.3) is 0 Å². The molecule has 0 radical (unpaired) electrons. The molecule has 0 saturated heterocycles. The monoisotopic (exact) mass is 332 g/mol. The summed E-state index contributed by atoms with van der Waals surface area (Å²) in [6.07, 6.45) is 2.56. The van der Waals surface area contributed by atoms with Gasteiger partial charge in [0.05, 0.1) is 16.6 Å². The molecule has 1 aromatic carbocycles. The molecule has 1 aliphatic rings. The van der Waals surface area contributed by atoms with Gasteiger partial charge >= 0.3 is 5.97 Å². The van der Waals surface area contributed by atoms with E-state index in [0.29, 0.717) is 5.92 Å². The molecular weight excluding hydrogens is 319 g/mol. The van der Waals surface area contributed by atoms with Crippen LogP contribution in [0.4, 0.5) is 0 Å². The Labute approximate surface area is 108 Å². The molecule has 4 heteroatoms. The molecule has 0 bridgehead atoms. The fraction of sp³-hybridized carbons (Fsp3) is 0.417. The van der Waals surface area contributed by atoms with E-state index in [0.717, 1.165) is 21.5 Å². The summed E-state index contributed by atoms with van der Waals surface area (Å²) < 4.78 is 6.72. The number of carboxylic acid groups (broad SMARTS) is 1. The minimum absolute atomic E-state index is 0.0523. The molecule has 0 amide bonds. The Kier molecular flexibility index (Phi) is 3.68. The second-order valence-corrected chi connectivity index (χ2v) is 5.25. The van der Waals surface area contributed by atoms with Crippen LogP contribution >= 0.6 is 22.6 Å². The summed E-state index contributed by atoms with van der Waals surface area (Å²) in [5, 5.41) is 8.71. The van der Waals surface area contributed by atoms with E-state index < -0.39 is 5.97 Å². The third-order valence-corrected chi connectivity index (χ3v) is 3.41. The van der Waals surface area contributed by atoms with E-state index >= 15 is 0 Å². The molecular formula is C12H13IO3. The minimum atomic E-state index is -0.811. The SMILES string of the molecule is O=C(O)Cc1ccc(I)c(OCC2CC2)c1. The summed E-state index contributed by atoms with van der Waals surface area (Å²) in [6, 6.07) is 5.57. The molecule has 1 saturated carbocycles. The van der Waals surface area contributed by atoms with Gasteiger partial charge in [0, 0.05) is 0 Å². The van der Waals surface area contributed by atoms with E-state index in [-0.39, 0.29) is 6.42 Å². The lowest BCUT2D eigenvalue weighted by atomic mass is 10.1. The van der Waals surface area contributed by atoms with Crippen molar-refractivity contribution in [2.45, 2.75) is 19.3 Å². The Morgan fingerprint density at radius 1 is 1.50 bits per heavy atom. The van der Waals surface area contributed by atoms with Gasteiger partial charge in [0.2, 0.25) is 0 Å². The molecule has 1 aromatic rings. The first-order chi connectivity index (χ1) is 7.65. The molecule has 0 unspecified atom stereocenters. The summed E-state index contributed by atoms with van der Waals surface area (Å²) >= 11 is 2.21. The van der Waals surface area contributed by atoms with Gasteiger partial charge in [0.1, 0.15) is 5.75 Å². The van der Waals surface area contributed by atoms with Crippen LogP contribution in [-0.2, 0) is 11.2 Å². The third-order valence-electron chi connectivity index (χ3n) is 2.52. The molecule has 16 heavy (non-hydrogen) atoms. The quantitative estimate of drug-likeness (QED) is 0.844. The predicted molar refractivity (Wildman–Crippen MR) is 68.7 cm³/mol. The van der Waals surface area contributed by atoms with Crippen LogP contribution in [0.1, 0.15) is 18.4 Å². The van der Waals surface area contributed by atoms with Gasteiger partial charge in [-0.3, -0.25) is 4.79 Å². The average molecular weight is 332 g/mol. The molecule has 1 fully saturated rings. The zero-order chi connectivity index (χ0) is 11.5. The van der Waals surface area contributed by atoms with E-state index in [4.69, 9.17) is 9.84 Å². The average Bonchev–Trinajstić information content (AvgIpc) is 3.02. The molecule has 0 atom stereocenters. The second-order valence-electron chi connectivity index (χ2n) is 4.09. The summed E-state index contributed by atoms with van der Waals surface area (Å²) in [5.74, 6) is 0.708. The molecule has 86 valence electrons. The molecule has 0 spiro atoms. The highest BCUT2D eigenvalue weighted by Crippen LogP contribution is 2.31. The van der Waals surface area contributed by atoms with Crippen LogP contribution in [0.2, 0.25) is 0 Å². The van der Waals surface area contributed by atoms with E-state index in [2.05, 4.69) is 22.6 Å². The van der Waals surface area contributed by atoms with Crippen molar-refractivity contribution >= 4 is 28.6 Å². The van der Waals surface area contributed by atoms with Crippen LogP contribution in [0.25, 0.3) is 0 Å². The van der Waals surface area contributed by atoms with Gasteiger partial charge in [-0.25, -0.2) is 0 Å². The maximum absolute atomic E-state index is 10.6. The normalized spacial score (nSPS) is 14.8.